The van der Waals surface area contributed by atoms with Crippen LogP contribution >= 0.6 is 22.6 Å². The van der Waals surface area contributed by atoms with E-state index in [4.69, 9.17) is 5.73 Å². The molecule has 1 aromatic carbocycles. The molecule has 3 nitrogen and oxygen atoms in total. The number of nitrogens with zero attached hydrogens (tertiary/aromatic N) is 2. The molecule has 2 fully saturated rings. The Morgan fingerprint density at radius 2 is 2.06 bits per heavy atom. The number of anilines is 2. The Bertz CT molecular complexity index is 435. The van der Waals surface area contributed by atoms with Crippen LogP contribution in [0.15, 0.2) is 18.2 Å². The normalized spacial score (nSPS) is 24.9. The lowest BCUT2D eigenvalue weighted by Gasteiger charge is -2.45. The van der Waals surface area contributed by atoms with Crippen LogP contribution in [0.25, 0.3) is 0 Å². The van der Waals surface area contributed by atoms with Gasteiger partial charge in [-0.3, -0.25) is 4.90 Å². The van der Waals surface area contributed by atoms with Gasteiger partial charge in [-0.15, -0.1) is 0 Å². The van der Waals surface area contributed by atoms with E-state index in [1.54, 1.807) is 0 Å². The number of hydrogen-bond acceptors (Lipinski definition) is 3. The minimum absolute atomic E-state index is 0.742. The second-order valence-corrected chi connectivity index (χ2v) is 6.58. The first-order valence-electron chi connectivity index (χ1n) is 6.78. The fraction of sp³-hybridized carbons (Fsp3) is 0.571. The van der Waals surface area contributed by atoms with E-state index in [1.807, 2.05) is 0 Å². The number of nitrogen functional groups attached to an aromatic ring is 1. The van der Waals surface area contributed by atoms with E-state index in [9.17, 15) is 0 Å². The van der Waals surface area contributed by atoms with Crippen molar-refractivity contribution in [3.05, 3.63) is 21.8 Å². The van der Waals surface area contributed by atoms with Crippen molar-refractivity contribution >= 4 is 34.0 Å². The van der Waals surface area contributed by atoms with Gasteiger partial charge in [-0.25, -0.2) is 0 Å². The molecule has 0 aromatic heterocycles. The van der Waals surface area contributed by atoms with Gasteiger partial charge in [0, 0.05) is 29.2 Å². The summed E-state index contributed by atoms with van der Waals surface area (Å²) in [5.41, 5.74) is 8.31. The van der Waals surface area contributed by atoms with Crippen molar-refractivity contribution in [2.75, 3.05) is 36.8 Å². The summed E-state index contributed by atoms with van der Waals surface area (Å²) in [4.78, 5) is 5.13. The third-order valence-electron chi connectivity index (χ3n) is 4.17. The van der Waals surface area contributed by atoms with E-state index < -0.39 is 0 Å². The first-order valence-corrected chi connectivity index (χ1v) is 7.86. The van der Waals surface area contributed by atoms with E-state index in [-0.39, 0.29) is 0 Å². The molecule has 98 valence electrons. The second kappa shape index (κ2) is 5.25. The van der Waals surface area contributed by atoms with Crippen molar-refractivity contribution < 1.29 is 0 Å². The predicted molar refractivity (Wildman–Crippen MR) is 85.0 cm³/mol. The monoisotopic (exact) mass is 357 g/mol. The molecule has 2 N–H and O–H groups in total. The third-order valence-corrected chi connectivity index (χ3v) is 4.84. The zero-order valence-electron chi connectivity index (χ0n) is 10.6. The van der Waals surface area contributed by atoms with Crippen LogP contribution in [0.2, 0.25) is 0 Å². The lowest BCUT2D eigenvalue weighted by molar-refractivity contribution is 0.133. The van der Waals surface area contributed by atoms with Crippen LogP contribution in [0.4, 0.5) is 11.4 Å². The maximum atomic E-state index is 6.16. The Kier molecular flexibility index (Phi) is 3.66. The molecule has 2 saturated heterocycles. The number of hydrogen-bond donors (Lipinski definition) is 1. The Morgan fingerprint density at radius 3 is 2.89 bits per heavy atom. The number of nitrogens with two attached hydrogens (primary N) is 1. The van der Waals surface area contributed by atoms with Crippen molar-refractivity contribution in [3.8, 4) is 0 Å². The third kappa shape index (κ3) is 2.45. The molecule has 0 bridgehead atoms. The van der Waals surface area contributed by atoms with Gasteiger partial charge < -0.3 is 10.6 Å². The lowest BCUT2D eigenvalue weighted by atomic mass is 9.99. The molecule has 0 spiro atoms. The molecule has 0 amide bonds. The van der Waals surface area contributed by atoms with Crippen molar-refractivity contribution in [1.29, 1.82) is 0 Å². The molecule has 1 atom stereocenters. The Hall–Kier alpha value is -0.490. The van der Waals surface area contributed by atoms with Gasteiger partial charge in [0.2, 0.25) is 0 Å². The SMILES string of the molecule is Nc1cc(I)ccc1N1CCN2CCCCC2C1. The van der Waals surface area contributed by atoms with E-state index in [2.05, 4.69) is 50.6 Å². The van der Waals surface area contributed by atoms with Crippen LogP contribution < -0.4 is 10.6 Å². The Morgan fingerprint density at radius 1 is 1.17 bits per heavy atom. The highest BCUT2D eigenvalue weighted by molar-refractivity contribution is 14.1. The first kappa shape index (κ1) is 12.5. The predicted octanol–water partition coefficient (Wildman–Crippen LogP) is 2.55. The summed E-state index contributed by atoms with van der Waals surface area (Å²) in [5, 5.41) is 0. The van der Waals surface area contributed by atoms with Gasteiger partial charge in [-0.1, -0.05) is 6.42 Å². The van der Waals surface area contributed by atoms with E-state index in [0.29, 0.717) is 0 Å². The molecule has 3 rings (SSSR count). The maximum Gasteiger partial charge on any atom is 0.0601 e. The Labute approximate surface area is 122 Å². The molecule has 2 aliphatic rings. The summed E-state index contributed by atoms with van der Waals surface area (Å²) in [7, 11) is 0. The largest absolute Gasteiger partial charge is 0.397 e. The van der Waals surface area contributed by atoms with Crippen molar-refractivity contribution in [3.63, 3.8) is 0 Å². The molecule has 0 aliphatic carbocycles. The summed E-state index contributed by atoms with van der Waals surface area (Å²) in [6.45, 7) is 4.74. The van der Waals surface area contributed by atoms with Crippen LogP contribution in [0.3, 0.4) is 0 Å². The van der Waals surface area contributed by atoms with Gasteiger partial charge in [-0.05, 0) is 60.2 Å². The summed E-state index contributed by atoms with van der Waals surface area (Å²) in [6, 6.07) is 7.14. The fourth-order valence-electron chi connectivity index (χ4n) is 3.19. The van der Waals surface area contributed by atoms with Gasteiger partial charge in [-0.2, -0.15) is 0 Å². The van der Waals surface area contributed by atoms with Crippen LogP contribution in [-0.4, -0.2) is 37.1 Å². The van der Waals surface area contributed by atoms with Gasteiger partial charge in [0.1, 0.15) is 0 Å². The number of halogens is 1. The van der Waals surface area contributed by atoms with Gasteiger partial charge >= 0.3 is 0 Å². The summed E-state index contributed by atoms with van der Waals surface area (Å²) in [6.07, 6.45) is 4.11. The lowest BCUT2D eigenvalue weighted by Crippen LogP contribution is -2.55. The standard InChI is InChI=1S/C14H20IN3/c15-11-4-5-14(13(16)9-11)18-8-7-17-6-2-1-3-12(17)10-18/h4-5,9,12H,1-3,6-8,10,16H2. The summed E-state index contributed by atoms with van der Waals surface area (Å²) in [5.74, 6) is 0. The molecule has 18 heavy (non-hydrogen) atoms. The fourth-order valence-corrected chi connectivity index (χ4v) is 3.70. The van der Waals surface area contributed by atoms with Crippen LogP contribution in [0.5, 0.6) is 0 Å². The minimum atomic E-state index is 0.742. The van der Waals surface area contributed by atoms with Crippen molar-refractivity contribution in [2.24, 2.45) is 0 Å². The van der Waals surface area contributed by atoms with E-state index in [1.165, 1.54) is 41.6 Å². The van der Waals surface area contributed by atoms with Crippen molar-refractivity contribution in [2.45, 2.75) is 25.3 Å². The minimum Gasteiger partial charge on any atom is -0.397 e. The number of piperidine rings is 1. The van der Waals surface area contributed by atoms with Gasteiger partial charge in [0.15, 0.2) is 0 Å². The average Bonchev–Trinajstić information content (AvgIpc) is 2.38. The number of benzene rings is 1. The highest BCUT2D eigenvalue weighted by Gasteiger charge is 2.29. The number of rotatable bonds is 1. The highest BCUT2D eigenvalue weighted by Crippen LogP contribution is 2.29. The molecular formula is C14H20IN3. The molecule has 2 aliphatic heterocycles. The smallest absolute Gasteiger partial charge is 0.0601 e. The molecule has 0 saturated carbocycles. The molecular weight excluding hydrogens is 337 g/mol. The highest BCUT2D eigenvalue weighted by atomic mass is 127. The number of fused-ring (bicyclic) bond motifs is 1. The molecule has 2 heterocycles. The van der Waals surface area contributed by atoms with Gasteiger partial charge in [0.25, 0.3) is 0 Å². The summed E-state index contributed by atoms with van der Waals surface area (Å²) < 4.78 is 1.21. The second-order valence-electron chi connectivity index (χ2n) is 5.33. The number of piperazine rings is 1. The van der Waals surface area contributed by atoms with E-state index >= 15 is 0 Å². The van der Waals surface area contributed by atoms with Crippen LogP contribution in [-0.2, 0) is 0 Å². The zero-order valence-corrected chi connectivity index (χ0v) is 12.8. The van der Waals surface area contributed by atoms with Crippen LogP contribution in [0, 0.1) is 3.57 Å². The summed E-state index contributed by atoms with van der Waals surface area (Å²) >= 11 is 2.32. The maximum absolute atomic E-state index is 6.16. The Balaban J connectivity index is 1.77. The van der Waals surface area contributed by atoms with Gasteiger partial charge in [0.05, 0.1) is 11.4 Å². The van der Waals surface area contributed by atoms with Crippen molar-refractivity contribution in [1.82, 2.24) is 4.90 Å². The first-order chi connectivity index (χ1) is 8.74. The average molecular weight is 357 g/mol. The molecule has 1 unspecified atom stereocenters. The van der Waals surface area contributed by atoms with E-state index in [0.717, 1.165) is 24.8 Å². The molecule has 4 heteroatoms. The molecule has 1 aromatic rings. The molecule has 0 radical (unpaired) electrons. The topological polar surface area (TPSA) is 32.5 Å². The zero-order chi connectivity index (χ0) is 12.5. The van der Waals surface area contributed by atoms with Crippen LogP contribution in [0.1, 0.15) is 19.3 Å². The quantitative estimate of drug-likeness (QED) is 0.619.